The van der Waals surface area contributed by atoms with Crippen LogP contribution in [0.5, 0.6) is 0 Å². The Morgan fingerprint density at radius 1 is 1.00 bits per heavy atom. The lowest BCUT2D eigenvalue weighted by atomic mass is 10.2. The van der Waals surface area contributed by atoms with Gasteiger partial charge in [-0.2, -0.15) is 4.31 Å². The molecule has 0 amide bonds. The molecule has 0 aliphatic rings. The SMILES string of the molecule is CN(C)c1cccc(CN(C)S(=O)(=O)c2ccccc2F)c1. The van der Waals surface area contributed by atoms with E-state index < -0.39 is 15.8 Å². The fourth-order valence-electron chi connectivity index (χ4n) is 2.10. The first-order valence-corrected chi connectivity index (χ1v) is 8.23. The molecule has 0 heterocycles. The Bertz CT molecular complexity index is 760. The fraction of sp³-hybridized carbons (Fsp3) is 0.250. The zero-order valence-corrected chi connectivity index (χ0v) is 13.6. The van der Waals surface area contributed by atoms with Gasteiger partial charge in [0, 0.05) is 33.4 Å². The topological polar surface area (TPSA) is 40.6 Å². The number of benzene rings is 2. The maximum Gasteiger partial charge on any atom is 0.246 e. The summed E-state index contributed by atoms with van der Waals surface area (Å²) in [6.07, 6.45) is 0. The zero-order valence-electron chi connectivity index (χ0n) is 12.8. The van der Waals surface area contributed by atoms with Crippen molar-refractivity contribution in [1.82, 2.24) is 4.31 Å². The molecule has 2 aromatic carbocycles. The molecule has 0 atom stereocenters. The molecular formula is C16H19FN2O2S. The second-order valence-corrected chi connectivity index (χ2v) is 7.27. The highest BCUT2D eigenvalue weighted by Crippen LogP contribution is 2.21. The molecule has 0 N–H and O–H groups in total. The van der Waals surface area contributed by atoms with Gasteiger partial charge in [0.15, 0.2) is 0 Å². The van der Waals surface area contributed by atoms with Crippen LogP contribution in [0.3, 0.4) is 0 Å². The fourth-order valence-corrected chi connectivity index (χ4v) is 3.32. The van der Waals surface area contributed by atoms with Crippen molar-refractivity contribution in [2.24, 2.45) is 0 Å². The van der Waals surface area contributed by atoms with E-state index >= 15 is 0 Å². The van der Waals surface area contributed by atoms with Gasteiger partial charge in [-0.25, -0.2) is 12.8 Å². The van der Waals surface area contributed by atoms with Gasteiger partial charge in [-0.15, -0.1) is 0 Å². The summed E-state index contributed by atoms with van der Waals surface area (Å²) in [6, 6.07) is 13.0. The van der Waals surface area contributed by atoms with Gasteiger partial charge in [-0.3, -0.25) is 0 Å². The average Bonchev–Trinajstić information content (AvgIpc) is 2.47. The van der Waals surface area contributed by atoms with E-state index in [1.807, 2.05) is 43.3 Å². The van der Waals surface area contributed by atoms with E-state index in [2.05, 4.69) is 0 Å². The third-order valence-corrected chi connectivity index (χ3v) is 5.19. The Labute approximate surface area is 130 Å². The number of rotatable bonds is 5. The summed E-state index contributed by atoms with van der Waals surface area (Å²) in [5, 5.41) is 0. The van der Waals surface area contributed by atoms with Gasteiger partial charge in [0.25, 0.3) is 0 Å². The van der Waals surface area contributed by atoms with Crippen molar-refractivity contribution in [3.8, 4) is 0 Å². The highest BCUT2D eigenvalue weighted by Gasteiger charge is 2.24. The number of hydrogen-bond donors (Lipinski definition) is 0. The molecule has 2 rings (SSSR count). The molecule has 118 valence electrons. The first kappa shape index (κ1) is 16.5. The Morgan fingerprint density at radius 3 is 2.32 bits per heavy atom. The maximum absolute atomic E-state index is 13.7. The summed E-state index contributed by atoms with van der Waals surface area (Å²) >= 11 is 0. The molecule has 0 aliphatic carbocycles. The lowest BCUT2D eigenvalue weighted by molar-refractivity contribution is 0.460. The third-order valence-electron chi connectivity index (χ3n) is 3.36. The van der Waals surface area contributed by atoms with E-state index in [1.165, 1.54) is 25.2 Å². The molecular weight excluding hydrogens is 303 g/mol. The number of halogens is 1. The predicted molar refractivity (Wildman–Crippen MR) is 85.8 cm³/mol. The minimum atomic E-state index is -3.86. The second-order valence-electron chi connectivity index (χ2n) is 5.26. The van der Waals surface area contributed by atoms with E-state index in [0.29, 0.717) is 0 Å². The largest absolute Gasteiger partial charge is 0.378 e. The molecule has 6 heteroatoms. The molecule has 0 fully saturated rings. The lowest BCUT2D eigenvalue weighted by Crippen LogP contribution is -2.27. The van der Waals surface area contributed by atoms with Crippen LogP contribution in [0.15, 0.2) is 53.4 Å². The normalized spacial score (nSPS) is 11.7. The third kappa shape index (κ3) is 3.45. The van der Waals surface area contributed by atoms with Crippen molar-refractivity contribution in [2.75, 3.05) is 26.0 Å². The zero-order chi connectivity index (χ0) is 16.3. The Balaban J connectivity index is 2.27. The van der Waals surface area contributed by atoms with Crippen LogP contribution >= 0.6 is 0 Å². The van der Waals surface area contributed by atoms with Crippen molar-refractivity contribution in [2.45, 2.75) is 11.4 Å². The summed E-state index contributed by atoms with van der Waals surface area (Å²) in [4.78, 5) is 1.63. The van der Waals surface area contributed by atoms with Gasteiger partial charge < -0.3 is 4.90 Å². The average molecular weight is 322 g/mol. The molecule has 0 aromatic heterocycles. The van der Waals surface area contributed by atoms with Crippen molar-refractivity contribution < 1.29 is 12.8 Å². The van der Waals surface area contributed by atoms with Crippen molar-refractivity contribution in [3.05, 3.63) is 59.9 Å². The molecule has 0 saturated carbocycles. The van der Waals surface area contributed by atoms with E-state index in [-0.39, 0.29) is 11.4 Å². The van der Waals surface area contributed by atoms with Gasteiger partial charge in [-0.1, -0.05) is 24.3 Å². The first-order valence-electron chi connectivity index (χ1n) is 6.79. The van der Waals surface area contributed by atoms with Crippen molar-refractivity contribution >= 4 is 15.7 Å². The summed E-state index contributed by atoms with van der Waals surface area (Å²) in [7, 11) is 1.42. The highest BCUT2D eigenvalue weighted by molar-refractivity contribution is 7.89. The van der Waals surface area contributed by atoms with Crippen LogP contribution in [0, 0.1) is 5.82 Å². The Kier molecular flexibility index (Phi) is 4.83. The van der Waals surface area contributed by atoms with Gasteiger partial charge in [0.05, 0.1) is 0 Å². The predicted octanol–water partition coefficient (Wildman–Crippen LogP) is 2.71. The van der Waals surface area contributed by atoms with Crippen LogP contribution in [0.4, 0.5) is 10.1 Å². The van der Waals surface area contributed by atoms with Crippen LogP contribution in [-0.4, -0.2) is 33.9 Å². The minimum absolute atomic E-state index is 0.179. The van der Waals surface area contributed by atoms with E-state index in [0.717, 1.165) is 21.6 Å². The number of hydrogen-bond acceptors (Lipinski definition) is 3. The van der Waals surface area contributed by atoms with Crippen LogP contribution in [-0.2, 0) is 16.6 Å². The molecule has 0 radical (unpaired) electrons. The van der Waals surface area contributed by atoms with E-state index in [4.69, 9.17) is 0 Å². The molecule has 0 bridgehead atoms. The quantitative estimate of drug-likeness (QED) is 0.850. The summed E-state index contributed by atoms with van der Waals surface area (Å²) in [5.74, 6) is -0.739. The molecule has 22 heavy (non-hydrogen) atoms. The van der Waals surface area contributed by atoms with Crippen LogP contribution < -0.4 is 4.90 Å². The standard InChI is InChI=1S/C16H19FN2O2S/c1-18(2)14-8-6-7-13(11-14)12-19(3)22(20,21)16-10-5-4-9-15(16)17/h4-11H,12H2,1-3H3. The highest BCUT2D eigenvalue weighted by atomic mass is 32.2. The smallest absolute Gasteiger partial charge is 0.246 e. The molecule has 0 saturated heterocycles. The molecule has 4 nitrogen and oxygen atoms in total. The Morgan fingerprint density at radius 2 is 1.68 bits per heavy atom. The minimum Gasteiger partial charge on any atom is -0.378 e. The van der Waals surface area contributed by atoms with Crippen LogP contribution in [0.2, 0.25) is 0 Å². The van der Waals surface area contributed by atoms with E-state index in [9.17, 15) is 12.8 Å². The molecule has 0 aliphatic heterocycles. The lowest BCUT2D eigenvalue weighted by Gasteiger charge is -2.19. The van der Waals surface area contributed by atoms with Gasteiger partial charge in [-0.05, 0) is 29.8 Å². The molecule has 2 aromatic rings. The van der Waals surface area contributed by atoms with Crippen molar-refractivity contribution in [3.63, 3.8) is 0 Å². The summed E-state index contributed by atoms with van der Waals surface area (Å²) in [5.41, 5.74) is 1.82. The monoisotopic (exact) mass is 322 g/mol. The number of anilines is 1. The van der Waals surface area contributed by atoms with Gasteiger partial charge in [0.1, 0.15) is 10.7 Å². The molecule has 0 unspecified atom stereocenters. The second kappa shape index (κ2) is 6.46. The van der Waals surface area contributed by atoms with Gasteiger partial charge >= 0.3 is 0 Å². The summed E-state index contributed by atoms with van der Waals surface area (Å²) < 4.78 is 39.8. The van der Waals surface area contributed by atoms with Crippen molar-refractivity contribution in [1.29, 1.82) is 0 Å². The summed E-state index contributed by atoms with van der Waals surface area (Å²) in [6.45, 7) is 0.179. The first-order chi connectivity index (χ1) is 10.3. The Hall–Kier alpha value is -1.92. The van der Waals surface area contributed by atoms with E-state index in [1.54, 1.807) is 0 Å². The number of nitrogens with zero attached hydrogens (tertiary/aromatic N) is 2. The maximum atomic E-state index is 13.7. The van der Waals surface area contributed by atoms with Crippen LogP contribution in [0.1, 0.15) is 5.56 Å². The number of sulfonamides is 1. The van der Waals surface area contributed by atoms with Crippen LogP contribution in [0.25, 0.3) is 0 Å². The molecule has 0 spiro atoms. The van der Waals surface area contributed by atoms with Gasteiger partial charge in [0.2, 0.25) is 10.0 Å².